The molecule has 68 valence electrons. The van der Waals surface area contributed by atoms with E-state index < -0.39 is 4.92 Å². The number of aromatic nitrogens is 2. The largest absolute Gasteiger partial charge is 0.344 e. The Labute approximate surface area is 78.0 Å². The molecule has 6 nitrogen and oxygen atoms in total. The van der Waals surface area contributed by atoms with Crippen LogP contribution in [0.5, 0.6) is 0 Å². The molecule has 14 heavy (non-hydrogen) atoms. The van der Waals surface area contributed by atoms with Gasteiger partial charge in [0.1, 0.15) is 0 Å². The number of nitrogens with zero attached hydrogens (tertiary/aromatic N) is 3. The molecule has 1 heterocycles. The third-order valence-electron chi connectivity index (χ3n) is 1.83. The van der Waals surface area contributed by atoms with Gasteiger partial charge in [-0.1, -0.05) is 0 Å². The second-order valence-electron chi connectivity index (χ2n) is 2.66. The predicted octanol–water partition coefficient (Wildman–Crippen LogP) is 1.34. The highest BCUT2D eigenvalue weighted by Gasteiger charge is 2.15. The Kier molecular flexibility index (Phi) is 1.65. The number of benzene rings is 1. The van der Waals surface area contributed by atoms with Gasteiger partial charge in [0.05, 0.1) is 28.4 Å². The fourth-order valence-electron chi connectivity index (χ4n) is 1.23. The van der Waals surface area contributed by atoms with E-state index in [0.717, 1.165) is 0 Å². The Hall–Kier alpha value is -2.42. The highest BCUT2D eigenvalue weighted by Crippen LogP contribution is 2.23. The van der Waals surface area contributed by atoms with Crippen molar-refractivity contribution < 1.29 is 4.92 Å². The summed E-state index contributed by atoms with van der Waals surface area (Å²) in [4.78, 5) is 16.6. The molecular weight excluding hydrogens is 184 g/mol. The molecule has 1 aromatic carbocycles. The summed E-state index contributed by atoms with van der Waals surface area (Å²) in [5.74, 6) is 0. The zero-order valence-corrected chi connectivity index (χ0v) is 6.89. The van der Waals surface area contributed by atoms with Gasteiger partial charge in [-0.2, -0.15) is 5.26 Å². The van der Waals surface area contributed by atoms with Crippen molar-refractivity contribution in [2.75, 3.05) is 0 Å². The highest BCUT2D eigenvalue weighted by atomic mass is 16.6. The molecule has 0 bridgehead atoms. The first kappa shape index (κ1) is 8.19. The lowest BCUT2D eigenvalue weighted by atomic mass is 10.2. The van der Waals surface area contributed by atoms with Crippen LogP contribution in [0.1, 0.15) is 5.56 Å². The standard InChI is InChI=1S/C8H4N4O2/c9-3-5-1-6-8(11-4-10-6)7(2-5)12(13)14/h1-2,4H,(H,10,11). The molecule has 0 aliphatic carbocycles. The van der Waals surface area contributed by atoms with Gasteiger partial charge in [-0.3, -0.25) is 10.1 Å². The van der Waals surface area contributed by atoms with Crippen molar-refractivity contribution in [1.82, 2.24) is 9.97 Å². The number of hydrogen-bond donors (Lipinski definition) is 1. The Morgan fingerprint density at radius 2 is 2.36 bits per heavy atom. The molecule has 1 N–H and O–H groups in total. The van der Waals surface area contributed by atoms with Crippen molar-refractivity contribution in [2.45, 2.75) is 0 Å². The van der Waals surface area contributed by atoms with Crippen molar-refractivity contribution in [2.24, 2.45) is 0 Å². The van der Waals surface area contributed by atoms with Crippen molar-refractivity contribution >= 4 is 16.7 Å². The number of nitro groups is 1. The monoisotopic (exact) mass is 188 g/mol. The lowest BCUT2D eigenvalue weighted by Gasteiger charge is -1.93. The molecule has 1 aromatic heterocycles. The number of nitro benzene ring substituents is 1. The van der Waals surface area contributed by atoms with Crippen LogP contribution in [0, 0.1) is 21.4 Å². The number of hydrogen-bond acceptors (Lipinski definition) is 4. The van der Waals surface area contributed by atoms with E-state index in [4.69, 9.17) is 5.26 Å². The minimum Gasteiger partial charge on any atom is -0.344 e. The van der Waals surface area contributed by atoms with E-state index in [1.165, 1.54) is 18.5 Å². The van der Waals surface area contributed by atoms with Crippen LogP contribution in [0.25, 0.3) is 11.0 Å². The summed E-state index contributed by atoms with van der Waals surface area (Å²) < 4.78 is 0. The maximum Gasteiger partial charge on any atom is 0.298 e. The van der Waals surface area contributed by atoms with Gasteiger partial charge in [0.25, 0.3) is 5.69 Å². The molecule has 2 rings (SSSR count). The molecule has 0 saturated heterocycles. The normalized spacial score (nSPS) is 9.93. The Morgan fingerprint density at radius 1 is 1.57 bits per heavy atom. The zero-order valence-electron chi connectivity index (χ0n) is 6.89. The van der Waals surface area contributed by atoms with E-state index in [9.17, 15) is 10.1 Å². The molecule has 0 aliphatic rings. The SMILES string of the molecule is N#Cc1cc([N+](=O)[O-])c2nc[nH]c2c1. The van der Waals surface area contributed by atoms with Gasteiger partial charge < -0.3 is 4.98 Å². The minimum atomic E-state index is -0.552. The van der Waals surface area contributed by atoms with E-state index in [0.29, 0.717) is 5.52 Å². The lowest BCUT2D eigenvalue weighted by Crippen LogP contribution is -1.90. The third kappa shape index (κ3) is 1.08. The third-order valence-corrected chi connectivity index (χ3v) is 1.83. The average molecular weight is 188 g/mol. The first-order valence-electron chi connectivity index (χ1n) is 3.74. The second-order valence-corrected chi connectivity index (χ2v) is 2.66. The van der Waals surface area contributed by atoms with Crippen LogP contribution in [0.4, 0.5) is 5.69 Å². The molecule has 0 spiro atoms. The van der Waals surface area contributed by atoms with Gasteiger partial charge in [-0.05, 0) is 6.07 Å². The highest BCUT2D eigenvalue weighted by molar-refractivity contribution is 5.85. The molecule has 0 aliphatic heterocycles. The molecule has 0 amide bonds. The van der Waals surface area contributed by atoms with Crippen molar-refractivity contribution in [3.8, 4) is 6.07 Å². The fourth-order valence-corrected chi connectivity index (χ4v) is 1.23. The molecule has 6 heteroatoms. The summed E-state index contributed by atoms with van der Waals surface area (Å²) in [6, 6.07) is 4.59. The number of fused-ring (bicyclic) bond motifs is 1. The Bertz CT molecular complexity index is 552. The molecule has 0 atom stereocenters. The maximum atomic E-state index is 10.6. The maximum absolute atomic E-state index is 10.6. The van der Waals surface area contributed by atoms with Gasteiger partial charge in [0.2, 0.25) is 0 Å². The smallest absolute Gasteiger partial charge is 0.298 e. The van der Waals surface area contributed by atoms with Crippen LogP contribution in [0.3, 0.4) is 0 Å². The van der Waals surface area contributed by atoms with Crippen LogP contribution in [-0.2, 0) is 0 Å². The Balaban J connectivity index is 2.85. The number of H-pyrrole nitrogens is 1. The van der Waals surface area contributed by atoms with Crippen LogP contribution in [0.2, 0.25) is 0 Å². The van der Waals surface area contributed by atoms with Crippen molar-refractivity contribution in [3.05, 3.63) is 34.1 Å². The number of imidazole rings is 1. The van der Waals surface area contributed by atoms with E-state index in [-0.39, 0.29) is 16.8 Å². The average Bonchev–Trinajstić information content (AvgIpc) is 2.63. The summed E-state index contributed by atoms with van der Waals surface area (Å²) in [5, 5.41) is 19.3. The second kappa shape index (κ2) is 2.81. The predicted molar refractivity (Wildman–Crippen MR) is 47.5 cm³/mol. The van der Waals surface area contributed by atoms with E-state index in [1.807, 2.05) is 6.07 Å². The van der Waals surface area contributed by atoms with Crippen LogP contribution in [-0.4, -0.2) is 14.9 Å². The van der Waals surface area contributed by atoms with Crippen LogP contribution < -0.4 is 0 Å². The quantitative estimate of drug-likeness (QED) is 0.539. The van der Waals surface area contributed by atoms with Crippen molar-refractivity contribution in [1.29, 1.82) is 5.26 Å². The minimum absolute atomic E-state index is 0.152. The van der Waals surface area contributed by atoms with Gasteiger partial charge in [0, 0.05) is 6.07 Å². The van der Waals surface area contributed by atoms with Gasteiger partial charge in [-0.25, -0.2) is 4.98 Å². The topological polar surface area (TPSA) is 95.6 Å². The molecule has 0 fully saturated rings. The zero-order chi connectivity index (χ0) is 10.1. The van der Waals surface area contributed by atoms with E-state index in [1.54, 1.807) is 0 Å². The summed E-state index contributed by atoms with van der Waals surface area (Å²) in [7, 11) is 0. The Morgan fingerprint density at radius 3 is 3.00 bits per heavy atom. The van der Waals surface area contributed by atoms with Gasteiger partial charge in [-0.15, -0.1) is 0 Å². The first-order valence-corrected chi connectivity index (χ1v) is 3.74. The van der Waals surface area contributed by atoms with Crippen LogP contribution in [0.15, 0.2) is 18.5 Å². The summed E-state index contributed by atoms with van der Waals surface area (Å²) in [5.41, 5.74) is 0.860. The first-order chi connectivity index (χ1) is 6.72. The summed E-state index contributed by atoms with van der Waals surface area (Å²) in [6.45, 7) is 0. The molecule has 0 unspecified atom stereocenters. The van der Waals surface area contributed by atoms with Gasteiger partial charge >= 0.3 is 0 Å². The van der Waals surface area contributed by atoms with E-state index >= 15 is 0 Å². The summed E-state index contributed by atoms with van der Waals surface area (Å²) in [6.07, 6.45) is 1.36. The number of non-ortho nitro benzene ring substituents is 1. The van der Waals surface area contributed by atoms with Crippen molar-refractivity contribution in [3.63, 3.8) is 0 Å². The number of aromatic amines is 1. The van der Waals surface area contributed by atoms with Gasteiger partial charge in [0.15, 0.2) is 5.52 Å². The fraction of sp³-hybridized carbons (Fsp3) is 0. The van der Waals surface area contributed by atoms with E-state index in [2.05, 4.69) is 9.97 Å². The molecular formula is C8H4N4O2. The molecule has 0 radical (unpaired) electrons. The number of nitriles is 1. The number of rotatable bonds is 1. The molecule has 2 aromatic rings. The molecule has 0 saturated carbocycles. The van der Waals surface area contributed by atoms with Crippen LogP contribution >= 0.6 is 0 Å². The number of nitrogens with one attached hydrogen (secondary N) is 1. The lowest BCUT2D eigenvalue weighted by molar-refractivity contribution is -0.383. The summed E-state index contributed by atoms with van der Waals surface area (Å²) >= 11 is 0.